The molecule has 0 bridgehead atoms. The molecule has 140 valence electrons. The summed E-state index contributed by atoms with van der Waals surface area (Å²) in [5.41, 5.74) is 0. The van der Waals surface area contributed by atoms with Crippen molar-refractivity contribution in [2.24, 2.45) is 0 Å². The highest BCUT2D eigenvalue weighted by molar-refractivity contribution is 5.43. The zero-order chi connectivity index (χ0) is 18.0. The van der Waals surface area contributed by atoms with Gasteiger partial charge >= 0.3 is 0 Å². The minimum Gasteiger partial charge on any atom is -0.465 e. The number of hydrogen-bond acceptors (Lipinski definition) is 6. The summed E-state index contributed by atoms with van der Waals surface area (Å²) in [6, 6.07) is 5.86. The second kappa shape index (κ2) is 9.97. The molecule has 2 aromatic heterocycles. The Morgan fingerprint density at radius 1 is 1.23 bits per heavy atom. The molecule has 3 rings (SSSR count). The van der Waals surface area contributed by atoms with Crippen molar-refractivity contribution in [3.05, 3.63) is 42.5 Å². The van der Waals surface area contributed by atoms with Crippen LogP contribution < -0.4 is 10.2 Å². The first-order valence-corrected chi connectivity index (χ1v) is 9.52. The molecule has 1 saturated heterocycles. The van der Waals surface area contributed by atoms with E-state index < -0.39 is 0 Å². The number of nitrogens with one attached hydrogen (secondary N) is 1. The number of furan rings is 1. The summed E-state index contributed by atoms with van der Waals surface area (Å²) in [4.78, 5) is 13.7. The van der Waals surface area contributed by atoms with E-state index in [1.165, 1.54) is 25.7 Å². The molecule has 0 saturated carbocycles. The molecular weight excluding hydrogens is 326 g/mol. The van der Waals surface area contributed by atoms with Gasteiger partial charge in [0.15, 0.2) is 0 Å². The minimum atomic E-state index is 0.714. The van der Waals surface area contributed by atoms with Crippen LogP contribution in [-0.2, 0) is 0 Å². The van der Waals surface area contributed by atoms with Gasteiger partial charge in [0.05, 0.1) is 6.26 Å². The third-order valence-corrected chi connectivity index (χ3v) is 4.59. The molecule has 0 aliphatic carbocycles. The first-order chi connectivity index (χ1) is 12.8. The van der Waals surface area contributed by atoms with Crippen molar-refractivity contribution >= 4 is 17.8 Å². The van der Waals surface area contributed by atoms with Crippen LogP contribution in [-0.4, -0.2) is 54.6 Å². The molecule has 0 atom stereocenters. The van der Waals surface area contributed by atoms with E-state index in [0.717, 1.165) is 44.3 Å². The van der Waals surface area contributed by atoms with E-state index in [0.29, 0.717) is 5.95 Å². The molecule has 6 heteroatoms. The number of likely N-dealkylation sites (N-methyl/N-ethyl adjacent to an activating group) is 1. The second-order valence-corrected chi connectivity index (χ2v) is 6.75. The molecule has 0 radical (unpaired) electrons. The Morgan fingerprint density at radius 2 is 2.08 bits per heavy atom. The third kappa shape index (κ3) is 5.88. The molecule has 0 spiro atoms. The lowest BCUT2D eigenvalue weighted by molar-refractivity contribution is 0.385. The van der Waals surface area contributed by atoms with Gasteiger partial charge in [0.1, 0.15) is 11.6 Å². The van der Waals surface area contributed by atoms with E-state index in [4.69, 9.17) is 4.42 Å². The average molecular weight is 355 g/mol. The third-order valence-electron chi connectivity index (χ3n) is 4.59. The summed E-state index contributed by atoms with van der Waals surface area (Å²) in [6.07, 6.45) is 12.8. The SMILES string of the molecule is CN(CC=Cc1ccco1)CCNc1nccc(N2CCCCCC2)n1. The van der Waals surface area contributed by atoms with Crippen molar-refractivity contribution < 1.29 is 4.42 Å². The summed E-state index contributed by atoms with van der Waals surface area (Å²) in [5.74, 6) is 2.64. The van der Waals surface area contributed by atoms with Crippen LogP contribution in [0.15, 0.2) is 41.2 Å². The van der Waals surface area contributed by atoms with Crippen LogP contribution in [0.2, 0.25) is 0 Å². The molecule has 1 aliphatic heterocycles. The maximum atomic E-state index is 5.29. The van der Waals surface area contributed by atoms with Crippen molar-refractivity contribution in [3.8, 4) is 0 Å². The van der Waals surface area contributed by atoms with Crippen LogP contribution in [0.25, 0.3) is 6.08 Å². The summed E-state index contributed by atoms with van der Waals surface area (Å²) in [7, 11) is 2.10. The van der Waals surface area contributed by atoms with Gasteiger partial charge in [-0.3, -0.25) is 0 Å². The Balaban J connectivity index is 1.42. The van der Waals surface area contributed by atoms with Gasteiger partial charge in [0.25, 0.3) is 0 Å². The molecule has 1 N–H and O–H groups in total. The Kier molecular flexibility index (Phi) is 7.07. The van der Waals surface area contributed by atoms with Gasteiger partial charge in [0, 0.05) is 38.9 Å². The fourth-order valence-electron chi connectivity index (χ4n) is 3.10. The van der Waals surface area contributed by atoms with Crippen molar-refractivity contribution in [1.82, 2.24) is 14.9 Å². The van der Waals surface area contributed by atoms with Crippen molar-refractivity contribution in [2.45, 2.75) is 25.7 Å². The van der Waals surface area contributed by atoms with Gasteiger partial charge in [-0.05, 0) is 44.2 Å². The number of aromatic nitrogens is 2. The van der Waals surface area contributed by atoms with Gasteiger partial charge in [-0.1, -0.05) is 18.9 Å². The number of anilines is 2. The first-order valence-electron chi connectivity index (χ1n) is 9.52. The fraction of sp³-hybridized carbons (Fsp3) is 0.500. The Labute approximate surface area is 155 Å². The number of hydrogen-bond donors (Lipinski definition) is 1. The largest absolute Gasteiger partial charge is 0.465 e. The molecule has 0 unspecified atom stereocenters. The van der Waals surface area contributed by atoms with Crippen molar-refractivity contribution in [1.29, 1.82) is 0 Å². The molecule has 26 heavy (non-hydrogen) atoms. The summed E-state index contributed by atoms with van der Waals surface area (Å²) < 4.78 is 5.29. The highest BCUT2D eigenvalue weighted by atomic mass is 16.3. The fourth-order valence-corrected chi connectivity index (χ4v) is 3.10. The Morgan fingerprint density at radius 3 is 2.85 bits per heavy atom. The van der Waals surface area contributed by atoms with E-state index >= 15 is 0 Å². The topological polar surface area (TPSA) is 57.4 Å². The van der Waals surface area contributed by atoms with Gasteiger partial charge in [0.2, 0.25) is 5.95 Å². The standard InChI is InChI=1S/C20H29N5O/c1-24(13-6-8-18-9-7-17-26-18)16-12-22-20-21-11-10-19(23-20)25-14-4-2-3-5-15-25/h6-11,17H,2-5,12-16H2,1H3,(H,21,22,23). The molecule has 2 aromatic rings. The van der Waals surface area contributed by atoms with E-state index in [2.05, 4.69) is 38.2 Å². The van der Waals surface area contributed by atoms with Crippen molar-refractivity contribution in [2.75, 3.05) is 50.0 Å². The lowest BCUT2D eigenvalue weighted by Gasteiger charge is -2.21. The molecule has 1 aliphatic rings. The predicted octanol–water partition coefficient (Wildman–Crippen LogP) is 3.51. The van der Waals surface area contributed by atoms with Crippen LogP contribution in [0, 0.1) is 0 Å². The van der Waals surface area contributed by atoms with Crippen LogP contribution >= 0.6 is 0 Å². The highest BCUT2D eigenvalue weighted by Crippen LogP contribution is 2.17. The van der Waals surface area contributed by atoms with Crippen LogP contribution in [0.5, 0.6) is 0 Å². The predicted molar refractivity (Wildman–Crippen MR) is 106 cm³/mol. The lowest BCUT2D eigenvalue weighted by atomic mass is 10.2. The van der Waals surface area contributed by atoms with Crippen LogP contribution in [0.1, 0.15) is 31.4 Å². The van der Waals surface area contributed by atoms with Crippen LogP contribution in [0.4, 0.5) is 11.8 Å². The Hall–Kier alpha value is -2.34. The lowest BCUT2D eigenvalue weighted by Crippen LogP contribution is -2.27. The van der Waals surface area contributed by atoms with E-state index in [1.54, 1.807) is 6.26 Å². The Bertz CT molecular complexity index is 663. The maximum absolute atomic E-state index is 5.29. The van der Waals surface area contributed by atoms with E-state index in [-0.39, 0.29) is 0 Å². The summed E-state index contributed by atoms with van der Waals surface area (Å²) in [5, 5.41) is 3.34. The number of rotatable bonds is 8. The highest BCUT2D eigenvalue weighted by Gasteiger charge is 2.11. The molecular formula is C20H29N5O. The normalized spacial score (nSPS) is 15.5. The first kappa shape index (κ1) is 18.5. The molecule has 0 aromatic carbocycles. The quantitative estimate of drug-likeness (QED) is 0.782. The van der Waals surface area contributed by atoms with Gasteiger partial charge in [-0.2, -0.15) is 4.98 Å². The zero-order valence-electron chi connectivity index (χ0n) is 15.6. The van der Waals surface area contributed by atoms with Gasteiger partial charge < -0.3 is 19.5 Å². The second-order valence-electron chi connectivity index (χ2n) is 6.75. The van der Waals surface area contributed by atoms with Gasteiger partial charge in [-0.15, -0.1) is 0 Å². The van der Waals surface area contributed by atoms with E-state index in [1.807, 2.05) is 30.5 Å². The monoisotopic (exact) mass is 355 g/mol. The zero-order valence-corrected chi connectivity index (χ0v) is 15.6. The minimum absolute atomic E-state index is 0.714. The smallest absolute Gasteiger partial charge is 0.224 e. The average Bonchev–Trinajstić information content (AvgIpc) is 3.02. The molecule has 0 amide bonds. The van der Waals surface area contributed by atoms with E-state index in [9.17, 15) is 0 Å². The summed E-state index contributed by atoms with van der Waals surface area (Å²) >= 11 is 0. The molecule has 6 nitrogen and oxygen atoms in total. The molecule has 3 heterocycles. The maximum Gasteiger partial charge on any atom is 0.224 e. The number of nitrogens with zero attached hydrogens (tertiary/aromatic N) is 4. The molecule has 1 fully saturated rings. The summed E-state index contributed by atoms with van der Waals surface area (Å²) in [6.45, 7) is 4.80. The van der Waals surface area contributed by atoms with Crippen LogP contribution in [0.3, 0.4) is 0 Å². The van der Waals surface area contributed by atoms with Gasteiger partial charge in [-0.25, -0.2) is 4.98 Å². The van der Waals surface area contributed by atoms with Crippen molar-refractivity contribution in [3.63, 3.8) is 0 Å².